The fourth-order valence-corrected chi connectivity index (χ4v) is 1.74. The molecule has 0 aliphatic heterocycles. The number of esters is 1. The molecular weight excluding hydrogens is 316 g/mol. The van der Waals surface area contributed by atoms with E-state index in [0.717, 1.165) is 0 Å². The number of nitrogens with two attached hydrogens (primary N) is 1. The Morgan fingerprint density at radius 2 is 1.50 bits per heavy atom. The highest BCUT2D eigenvalue weighted by atomic mass is 16.6. The van der Waals surface area contributed by atoms with Crippen molar-refractivity contribution in [3.8, 4) is 0 Å². The minimum atomic E-state index is -1.17. The van der Waals surface area contributed by atoms with Gasteiger partial charge in [0.1, 0.15) is 23.3 Å². The molecule has 1 unspecified atom stereocenters. The monoisotopic (exact) mass is 346 g/mol. The van der Waals surface area contributed by atoms with Crippen LogP contribution in [0.5, 0.6) is 0 Å². The molecule has 4 N–H and O–H groups in total. The number of alkyl carbamates (subject to hydrolysis) is 1. The van der Waals surface area contributed by atoms with Crippen molar-refractivity contribution in [3.05, 3.63) is 0 Å². The Hall–Kier alpha value is -1.83. The van der Waals surface area contributed by atoms with E-state index in [0.29, 0.717) is 6.42 Å². The molecule has 0 radical (unpaired) electrons. The molecule has 24 heavy (non-hydrogen) atoms. The summed E-state index contributed by atoms with van der Waals surface area (Å²) in [5, 5.41) is 11.5. The van der Waals surface area contributed by atoms with Crippen molar-refractivity contribution in [1.29, 1.82) is 0 Å². The SMILES string of the molecule is CC(C)(C)OC(=O)N[C@@H](CCCC(N)C(=O)OC(C)(C)C)C(=O)O. The van der Waals surface area contributed by atoms with Crippen LogP contribution in [0.25, 0.3) is 0 Å². The predicted molar refractivity (Wildman–Crippen MR) is 88.5 cm³/mol. The second-order valence-electron chi connectivity index (χ2n) is 7.61. The number of ether oxygens (including phenoxy) is 2. The Morgan fingerprint density at radius 3 is 1.92 bits per heavy atom. The third-order valence-electron chi connectivity index (χ3n) is 2.71. The number of rotatable bonds is 7. The average Bonchev–Trinajstić information content (AvgIpc) is 2.32. The van der Waals surface area contributed by atoms with E-state index in [9.17, 15) is 14.4 Å². The van der Waals surface area contributed by atoms with E-state index in [1.165, 1.54) is 0 Å². The molecule has 0 aromatic heterocycles. The molecule has 0 aliphatic rings. The van der Waals surface area contributed by atoms with Crippen LogP contribution in [0.1, 0.15) is 60.8 Å². The van der Waals surface area contributed by atoms with Crippen LogP contribution in [0.15, 0.2) is 0 Å². The Labute approximate surface area is 143 Å². The molecule has 8 nitrogen and oxygen atoms in total. The topological polar surface area (TPSA) is 128 Å². The highest BCUT2D eigenvalue weighted by Crippen LogP contribution is 2.12. The molecule has 140 valence electrons. The quantitative estimate of drug-likeness (QED) is 0.600. The van der Waals surface area contributed by atoms with Crippen molar-refractivity contribution in [2.45, 2.75) is 84.1 Å². The van der Waals surface area contributed by atoms with E-state index in [1.807, 2.05) is 0 Å². The van der Waals surface area contributed by atoms with Crippen LogP contribution in [0, 0.1) is 0 Å². The summed E-state index contributed by atoms with van der Waals surface area (Å²) in [6, 6.07) is -1.94. The van der Waals surface area contributed by atoms with Crippen LogP contribution in [0.4, 0.5) is 4.79 Å². The third kappa shape index (κ3) is 10.8. The van der Waals surface area contributed by atoms with Crippen LogP contribution in [-0.2, 0) is 19.1 Å². The number of hydrogen-bond acceptors (Lipinski definition) is 6. The normalized spacial score (nSPS) is 14.5. The molecule has 1 amide bonds. The average molecular weight is 346 g/mol. The van der Waals surface area contributed by atoms with Gasteiger partial charge in [-0.2, -0.15) is 0 Å². The standard InChI is InChI=1S/C16H30N2O6/c1-15(2,3)23-13(21)10(17)8-7-9-11(12(19)20)18-14(22)24-16(4,5)6/h10-11H,7-9,17H2,1-6H3,(H,18,22)(H,19,20)/t10?,11-/m0/s1. The maximum absolute atomic E-state index is 11.7. The summed E-state index contributed by atoms with van der Waals surface area (Å²) >= 11 is 0. The van der Waals surface area contributed by atoms with Gasteiger partial charge in [0.15, 0.2) is 0 Å². The van der Waals surface area contributed by atoms with E-state index in [1.54, 1.807) is 41.5 Å². The first kappa shape index (κ1) is 22.2. The van der Waals surface area contributed by atoms with Gasteiger partial charge < -0.3 is 25.6 Å². The lowest BCUT2D eigenvalue weighted by Gasteiger charge is -2.23. The van der Waals surface area contributed by atoms with Gasteiger partial charge in [-0.1, -0.05) is 0 Å². The molecule has 0 saturated carbocycles. The number of carboxylic acids is 1. The highest BCUT2D eigenvalue weighted by molar-refractivity contribution is 5.80. The largest absolute Gasteiger partial charge is 0.480 e. The third-order valence-corrected chi connectivity index (χ3v) is 2.71. The van der Waals surface area contributed by atoms with Crippen LogP contribution in [0.3, 0.4) is 0 Å². The number of hydrogen-bond donors (Lipinski definition) is 3. The van der Waals surface area contributed by atoms with Crippen LogP contribution >= 0.6 is 0 Å². The summed E-state index contributed by atoms with van der Waals surface area (Å²) in [5.41, 5.74) is 4.39. The summed E-state index contributed by atoms with van der Waals surface area (Å²) in [5.74, 6) is -1.71. The van der Waals surface area contributed by atoms with Gasteiger partial charge in [-0.05, 0) is 60.8 Å². The zero-order valence-electron chi connectivity index (χ0n) is 15.3. The van der Waals surface area contributed by atoms with E-state index in [4.69, 9.17) is 20.3 Å². The van der Waals surface area contributed by atoms with Gasteiger partial charge in [-0.3, -0.25) is 4.79 Å². The second-order valence-corrected chi connectivity index (χ2v) is 7.61. The van der Waals surface area contributed by atoms with Gasteiger partial charge in [0.25, 0.3) is 0 Å². The number of carboxylic acid groups (broad SMARTS) is 1. The molecule has 0 aromatic rings. The minimum Gasteiger partial charge on any atom is -0.480 e. The molecule has 0 saturated heterocycles. The molecule has 0 heterocycles. The number of aliphatic carboxylic acids is 1. The Balaban J connectivity index is 4.39. The number of carbonyl (C=O) groups is 3. The zero-order chi connectivity index (χ0) is 19.1. The van der Waals surface area contributed by atoms with Crippen LogP contribution in [0.2, 0.25) is 0 Å². The van der Waals surface area contributed by atoms with Crippen molar-refractivity contribution in [1.82, 2.24) is 5.32 Å². The molecule has 0 fully saturated rings. The fraction of sp³-hybridized carbons (Fsp3) is 0.812. The number of carbonyl (C=O) groups excluding carboxylic acids is 2. The molecule has 0 rings (SSSR count). The van der Waals surface area contributed by atoms with E-state index >= 15 is 0 Å². The zero-order valence-corrected chi connectivity index (χ0v) is 15.3. The molecule has 0 bridgehead atoms. The summed E-state index contributed by atoms with van der Waals surface area (Å²) in [7, 11) is 0. The summed E-state index contributed by atoms with van der Waals surface area (Å²) in [6.45, 7) is 10.3. The van der Waals surface area contributed by atoms with Crippen molar-refractivity contribution in [3.63, 3.8) is 0 Å². The van der Waals surface area contributed by atoms with E-state index in [-0.39, 0.29) is 12.8 Å². The highest BCUT2D eigenvalue weighted by Gasteiger charge is 2.25. The Bertz CT molecular complexity index is 450. The number of amides is 1. The lowest BCUT2D eigenvalue weighted by molar-refractivity contribution is -0.156. The van der Waals surface area contributed by atoms with Gasteiger partial charge in [-0.15, -0.1) is 0 Å². The first-order chi connectivity index (χ1) is 10.7. The van der Waals surface area contributed by atoms with Gasteiger partial charge in [-0.25, -0.2) is 9.59 Å². The summed E-state index contributed by atoms with van der Waals surface area (Å²) in [4.78, 5) is 34.6. The smallest absolute Gasteiger partial charge is 0.408 e. The van der Waals surface area contributed by atoms with E-state index in [2.05, 4.69) is 5.32 Å². The Morgan fingerprint density at radius 1 is 1.00 bits per heavy atom. The first-order valence-electron chi connectivity index (χ1n) is 7.92. The predicted octanol–water partition coefficient (Wildman–Crippen LogP) is 1.80. The molecule has 0 aliphatic carbocycles. The van der Waals surface area contributed by atoms with Crippen molar-refractivity contribution < 1.29 is 29.0 Å². The van der Waals surface area contributed by atoms with Crippen LogP contribution in [-0.4, -0.2) is 46.4 Å². The molecule has 0 aromatic carbocycles. The first-order valence-corrected chi connectivity index (χ1v) is 7.92. The lowest BCUT2D eigenvalue weighted by Crippen LogP contribution is -2.43. The van der Waals surface area contributed by atoms with Gasteiger partial charge >= 0.3 is 18.0 Å². The van der Waals surface area contributed by atoms with Crippen molar-refractivity contribution in [2.75, 3.05) is 0 Å². The van der Waals surface area contributed by atoms with Crippen molar-refractivity contribution in [2.24, 2.45) is 5.73 Å². The summed E-state index contributed by atoms with van der Waals surface area (Å²) in [6.07, 6.45) is -0.0706. The Kier molecular flexibility index (Phi) is 8.19. The minimum absolute atomic E-state index is 0.130. The van der Waals surface area contributed by atoms with Crippen molar-refractivity contribution >= 4 is 18.0 Å². The summed E-state index contributed by atoms with van der Waals surface area (Å²) < 4.78 is 10.2. The van der Waals surface area contributed by atoms with E-state index < -0.39 is 41.3 Å². The lowest BCUT2D eigenvalue weighted by atomic mass is 10.1. The van der Waals surface area contributed by atoms with Gasteiger partial charge in [0.2, 0.25) is 0 Å². The number of nitrogens with one attached hydrogen (secondary N) is 1. The van der Waals surface area contributed by atoms with Gasteiger partial charge in [0, 0.05) is 0 Å². The van der Waals surface area contributed by atoms with Crippen LogP contribution < -0.4 is 11.1 Å². The molecule has 8 heteroatoms. The fourth-order valence-electron chi connectivity index (χ4n) is 1.74. The maximum Gasteiger partial charge on any atom is 0.408 e. The molecule has 0 spiro atoms. The molecule has 2 atom stereocenters. The second kappa shape index (κ2) is 8.86. The molecular formula is C16H30N2O6. The van der Waals surface area contributed by atoms with Gasteiger partial charge in [0.05, 0.1) is 0 Å². The maximum atomic E-state index is 11.7.